The summed E-state index contributed by atoms with van der Waals surface area (Å²) in [6.07, 6.45) is 2.85. The molecule has 2 heterocycles. The second-order valence-electron chi connectivity index (χ2n) is 6.40. The summed E-state index contributed by atoms with van der Waals surface area (Å²) >= 11 is 1.72. The molecular weight excluding hydrogens is 449 g/mol. The number of carbonyl (C=O) groups is 1. The van der Waals surface area contributed by atoms with Crippen LogP contribution in [0.5, 0.6) is 0 Å². The van der Waals surface area contributed by atoms with Gasteiger partial charge in [-0.3, -0.25) is 9.79 Å². The number of likely N-dealkylation sites (tertiary alicyclic amines) is 1. The van der Waals surface area contributed by atoms with E-state index in [1.807, 2.05) is 18.7 Å². The van der Waals surface area contributed by atoms with E-state index in [1.165, 1.54) is 5.01 Å². The summed E-state index contributed by atoms with van der Waals surface area (Å²) in [5.74, 6) is 1.09. The molecule has 1 aliphatic heterocycles. The van der Waals surface area contributed by atoms with E-state index in [1.54, 1.807) is 18.4 Å². The highest BCUT2D eigenvalue weighted by Crippen LogP contribution is 2.13. The van der Waals surface area contributed by atoms with Crippen LogP contribution in [0.1, 0.15) is 37.9 Å². The standard InChI is InChI=1S/C17H29N5OS.HI/c1-5-15-20-14(11-24-15)6-8-19-17(18-4)21-13-7-9-22(10-13)16(23)12(2)3;/h11-13H,5-10H2,1-4H3,(H2,18,19,21);1H. The van der Waals surface area contributed by atoms with Crippen LogP contribution in [0.25, 0.3) is 0 Å². The van der Waals surface area contributed by atoms with Gasteiger partial charge in [0.2, 0.25) is 5.91 Å². The second-order valence-corrected chi connectivity index (χ2v) is 7.35. The zero-order valence-corrected chi connectivity index (χ0v) is 18.7. The lowest BCUT2D eigenvalue weighted by Crippen LogP contribution is -2.45. The molecule has 1 aromatic heterocycles. The van der Waals surface area contributed by atoms with Crippen LogP contribution in [-0.4, -0.2) is 54.5 Å². The van der Waals surface area contributed by atoms with Gasteiger partial charge in [-0.2, -0.15) is 0 Å². The third kappa shape index (κ3) is 6.73. The highest BCUT2D eigenvalue weighted by Gasteiger charge is 2.27. The largest absolute Gasteiger partial charge is 0.356 e. The molecule has 1 atom stereocenters. The fourth-order valence-corrected chi connectivity index (χ4v) is 3.55. The minimum absolute atomic E-state index is 0. The van der Waals surface area contributed by atoms with E-state index in [0.717, 1.165) is 50.6 Å². The molecule has 0 radical (unpaired) electrons. The smallest absolute Gasteiger partial charge is 0.225 e. The molecule has 0 spiro atoms. The van der Waals surface area contributed by atoms with Gasteiger partial charge in [-0.25, -0.2) is 4.98 Å². The first kappa shape index (κ1) is 22.1. The first-order valence-electron chi connectivity index (χ1n) is 8.72. The van der Waals surface area contributed by atoms with Crippen molar-refractivity contribution in [3.63, 3.8) is 0 Å². The van der Waals surface area contributed by atoms with Gasteiger partial charge >= 0.3 is 0 Å². The van der Waals surface area contributed by atoms with Crippen LogP contribution >= 0.6 is 35.3 Å². The quantitative estimate of drug-likeness (QED) is 0.373. The molecule has 0 aliphatic carbocycles. The summed E-state index contributed by atoms with van der Waals surface area (Å²) in [6.45, 7) is 8.40. The van der Waals surface area contributed by atoms with Crippen LogP contribution in [0.4, 0.5) is 0 Å². The Morgan fingerprint density at radius 3 is 2.88 bits per heavy atom. The number of hydrogen-bond donors (Lipinski definition) is 2. The number of rotatable bonds is 6. The highest BCUT2D eigenvalue weighted by atomic mass is 127. The van der Waals surface area contributed by atoms with Crippen LogP contribution in [0, 0.1) is 5.92 Å². The first-order chi connectivity index (χ1) is 11.5. The average molecular weight is 479 g/mol. The van der Waals surface area contributed by atoms with E-state index in [4.69, 9.17) is 0 Å². The summed E-state index contributed by atoms with van der Waals surface area (Å²) in [5, 5.41) is 10.1. The molecule has 1 fully saturated rings. The number of aromatic nitrogens is 1. The predicted octanol–water partition coefficient (Wildman–Crippen LogP) is 2.29. The highest BCUT2D eigenvalue weighted by molar-refractivity contribution is 14.0. The van der Waals surface area contributed by atoms with Crippen molar-refractivity contribution in [1.29, 1.82) is 0 Å². The number of nitrogens with zero attached hydrogens (tertiary/aromatic N) is 3. The molecule has 1 amide bonds. The topological polar surface area (TPSA) is 69.6 Å². The van der Waals surface area contributed by atoms with Gasteiger partial charge in [-0.15, -0.1) is 35.3 Å². The summed E-state index contributed by atoms with van der Waals surface area (Å²) in [5.41, 5.74) is 1.13. The van der Waals surface area contributed by atoms with Gasteiger partial charge < -0.3 is 15.5 Å². The molecule has 0 saturated carbocycles. The fraction of sp³-hybridized carbons (Fsp3) is 0.706. The van der Waals surface area contributed by atoms with Gasteiger partial charge in [0, 0.05) is 50.4 Å². The zero-order chi connectivity index (χ0) is 17.5. The first-order valence-corrected chi connectivity index (χ1v) is 9.60. The van der Waals surface area contributed by atoms with Gasteiger partial charge in [-0.1, -0.05) is 20.8 Å². The Bertz CT molecular complexity index is 575. The Morgan fingerprint density at radius 1 is 1.52 bits per heavy atom. The van der Waals surface area contributed by atoms with Gasteiger partial charge in [0.05, 0.1) is 10.7 Å². The number of aryl methyl sites for hydroxylation is 1. The van der Waals surface area contributed by atoms with Crippen LogP contribution < -0.4 is 10.6 Å². The second kappa shape index (κ2) is 10.9. The SMILES string of the molecule is CCc1nc(CCNC(=NC)NC2CCN(C(=O)C(C)C)C2)cs1.I. The third-order valence-electron chi connectivity index (χ3n) is 4.13. The lowest BCUT2D eigenvalue weighted by Gasteiger charge is -2.20. The maximum Gasteiger partial charge on any atom is 0.225 e. The van der Waals surface area contributed by atoms with Crippen molar-refractivity contribution in [2.24, 2.45) is 10.9 Å². The summed E-state index contributed by atoms with van der Waals surface area (Å²) in [6, 6.07) is 0.268. The lowest BCUT2D eigenvalue weighted by molar-refractivity contribution is -0.133. The Balaban J connectivity index is 0.00000312. The average Bonchev–Trinajstić information content (AvgIpc) is 3.22. The number of nitrogens with one attached hydrogen (secondary N) is 2. The van der Waals surface area contributed by atoms with Gasteiger partial charge in [-0.05, 0) is 12.8 Å². The predicted molar refractivity (Wildman–Crippen MR) is 115 cm³/mol. The summed E-state index contributed by atoms with van der Waals surface area (Å²) in [4.78, 5) is 22.8. The van der Waals surface area contributed by atoms with Crippen molar-refractivity contribution in [2.75, 3.05) is 26.7 Å². The lowest BCUT2D eigenvalue weighted by atomic mass is 10.2. The van der Waals surface area contributed by atoms with Crippen molar-refractivity contribution in [3.8, 4) is 0 Å². The number of halogens is 1. The van der Waals surface area contributed by atoms with E-state index < -0.39 is 0 Å². The van der Waals surface area contributed by atoms with Gasteiger partial charge in [0.15, 0.2) is 5.96 Å². The molecule has 1 aromatic rings. The Labute approximate surface area is 171 Å². The molecule has 8 heteroatoms. The monoisotopic (exact) mass is 479 g/mol. The molecule has 25 heavy (non-hydrogen) atoms. The summed E-state index contributed by atoms with van der Waals surface area (Å²) < 4.78 is 0. The van der Waals surface area contributed by atoms with Crippen molar-refractivity contribution in [3.05, 3.63) is 16.1 Å². The van der Waals surface area contributed by atoms with E-state index in [-0.39, 0.29) is 41.8 Å². The number of thiazole rings is 1. The summed E-state index contributed by atoms with van der Waals surface area (Å²) in [7, 11) is 1.78. The molecule has 142 valence electrons. The Hall–Kier alpha value is -0.900. The third-order valence-corrected chi connectivity index (χ3v) is 5.18. The normalized spacial score (nSPS) is 17.6. The number of carbonyl (C=O) groups excluding carboxylic acids is 1. The molecule has 1 unspecified atom stereocenters. The minimum atomic E-state index is 0. The van der Waals surface area contributed by atoms with Gasteiger partial charge in [0.25, 0.3) is 0 Å². The molecule has 0 bridgehead atoms. The molecule has 2 rings (SSSR count). The molecule has 6 nitrogen and oxygen atoms in total. The Kier molecular flexibility index (Phi) is 9.70. The number of aliphatic imine (C=N–C) groups is 1. The van der Waals surface area contributed by atoms with Crippen molar-refractivity contribution < 1.29 is 4.79 Å². The van der Waals surface area contributed by atoms with E-state index in [2.05, 4.69) is 32.9 Å². The van der Waals surface area contributed by atoms with E-state index in [0.29, 0.717) is 0 Å². The van der Waals surface area contributed by atoms with Crippen molar-refractivity contribution in [2.45, 2.75) is 46.1 Å². The fourth-order valence-electron chi connectivity index (χ4n) is 2.77. The maximum atomic E-state index is 12.0. The Morgan fingerprint density at radius 2 is 2.28 bits per heavy atom. The number of amides is 1. The molecular formula is C17H30IN5OS. The van der Waals surface area contributed by atoms with Crippen LogP contribution in [0.2, 0.25) is 0 Å². The minimum Gasteiger partial charge on any atom is -0.356 e. The van der Waals surface area contributed by atoms with Crippen molar-refractivity contribution >= 4 is 47.2 Å². The molecule has 1 saturated heterocycles. The molecule has 0 aromatic carbocycles. The van der Waals surface area contributed by atoms with E-state index >= 15 is 0 Å². The van der Waals surface area contributed by atoms with Crippen LogP contribution in [0.15, 0.2) is 10.4 Å². The molecule has 1 aliphatic rings. The van der Waals surface area contributed by atoms with Crippen molar-refractivity contribution in [1.82, 2.24) is 20.5 Å². The number of hydrogen-bond acceptors (Lipinski definition) is 4. The van der Waals surface area contributed by atoms with E-state index in [9.17, 15) is 4.79 Å². The zero-order valence-electron chi connectivity index (χ0n) is 15.5. The maximum absolute atomic E-state index is 12.0. The molecule has 2 N–H and O–H groups in total. The van der Waals surface area contributed by atoms with Crippen LogP contribution in [-0.2, 0) is 17.6 Å². The van der Waals surface area contributed by atoms with Gasteiger partial charge in [0.1, 0.15) is 0 Å². The van der Waals surface area contributed by atoms with Crippen LogP contribution in [0.3, 0.4) is 0 Å². The number of guanidine groups is 1.